The predicted molar refractivity (Wildman–Crippen MR) is 71.6 cm³/mol. The maximum Gasteiger partial charge on any atom is 0.165 e. The lowest BCUT2D eigenvalue weighted by Crippen LogP contribution is -2.48. The standard InChI is InChI=1S/C15H22FNO/c1-4-7-17-14-9-12(10(14)2)11-5-6-15(18-3)13(16)8-11/h5-6,8,10,12,14,17H,4,7,9H2,1-3H3. The first-order valence-electron chi connectivity index (χ1n) is 6.74. The Morgan fingerprint density at radius 3 is 2.78 bits per heavy atom. The van der Waals surface area contributed by atoms with E-state index in [0.29, 0.717) is 23.6 Å². The first-order chi connectivity index (χ1) is 8.67. The number of halogens is 1. The van der Waals surface area contributed by atoms with Crippen molar-refractivity contribution in [1.29, 1.82) is 0 Å². The third-order valence-corrected chi connectivity index (χ3v) is 4.04. The molecule has 1 saturated carbocycles. The minimum atomic E-state index is -0.257. The maximum absolute atomic E-state index is 13.7. The lowest BCUT2D eigenvalue weighted by molar-refractivity contribution is 0.184. The second-order valence-electron chi connectivity index (χ2n) is 5.16. The Hall–Kier alpha value is -1.09. The average Bonchev–Trinajstić information content (AvgIpc) is 2.37. The minimum Gasteiger partial charge on any atom is -0.494 e. The molecule has 1 aliphatic rings. The van der Waals surface area contributed by atoms with E-state index in [1.165, 1.54) is 7.11 Å². The molecular formula is C15H22FNO. The van der Waals surface area contributed by atoms with Gasteiger partial charge in [-0.2, -0.15) is 0 Å². The molecule has 1 fully saturated rings. The van der Waals surface area contributed by atoms with E-state index in [-0.39, 0.29) is 5.82 Å². The molecule has 1 aromatic carbocycles. The van der Waals surface area contributed by atoms with Gasteiger partial charge >= 0.3 is 0 Å². The molecule has 0 aromatic heterocycles. The molecule has 18 heavy (non-hydrogen) atoms. The fraction of sp³-hybridized carbons (Fsp3) is 0.600. The normalized spacial score (nSPS) is 26.8. The van der Waals surface area contributed by atoms with Gasteiger partial charge in [0.25, 0.3) is 0 Å². The summed E-state index contributed by atoms with van der Waals surface area (Å²) in [4.78, 5) is 0. The quantitative estimate of drug-likeness (QED) is 0.866. The molecule has 2 nitrogen and oxygen atoms in total. The second kappa shape index (κ2) is 5.70. The van der Waals surface area contributed by atoms with Gasteiger partial charge in [0.1, 0.15) is 0 Å². The Morgan fingerprint density at radius 1 is 1.44 bits per heavy atom. The van der Waals surface area contributed by atoms with Gasteiger partial charge in [0.2, 0.25) is 0 Å². The highest BCUT2D eigenvalue weighted by molar-refractivity contribution is 5.33. The van der Waals surface area contributed by atoms with Crippen molar-refractivity contribution in [2.75, 3.05) is 13.7 Å². The summed E-state index contributed by atoms with van der Waals surface area (Å²) in [5.74, 6) is 1.11. The average molecular weight is 251 g/mol. The van der Waals surface area contributed by atoms with E-state index in [1.807, 2.05) is 6.07 Å². The largest absolute Gasteiger partial charge is 0.494 e. The third kappa shape index (κ3) is 2.51. The zero-order valence-electron chi connectivity index (χ0n) is 11.4. The molecular weight excluding hydrogens is 229 g/mol. The molecule has 3 unspecified atom stereocenters. The first-order valence-corrected chi connectivity index (χ1v) is 6.74. The molecule has 0 saturated heterocycles. The number of ether oxygens (including phenoxy) is 1. The van der Waals surface area contributed by atoms with E-state index in [2.05, 4.69) is 19.2 Å². The lowest BCUT2D eigenvalue weighted by Gasteiger charge is -2.44. The highest BCUT2D eigenvalue weighted by Gasteiger charge is 2.38. The minimum absolute atomic E-state index is 0.257. The van der Waals surface area contributed by atoms with Gasteiger partial charge in [0.15, 0.2) is 11.6 Å². The Balaban J connectivity index is 2.00. The van der Waals surface area contributed by atoms with E-state index in [4.69, 9.17) is 4.74 Å². The van der Waals surface area contributed by atoms with Crippen LogP contribution in [0, 0.1) is 11.7 Å². The van der Waals surface area contributed by atoms with E-state index in [1.54, 1.807) is 12.1 Å². The Labute approximate surface area is 109 Å². The van der Waals surface area contributed by atoms with Crippen LogP contribution in [0.4, 0.5) is 4.39 Å². The number of hydrogen-bond acceptors (Lipinski definition) is 2. The highest BCUT2D eigenvalue weighted by Crippen LogP contribution is 2.43. The maximum atomic E-state index is 13.7. The molecule has 1 aliphatic carbocycles. The van der Waals surface area contributed by atoms with Crippen molar-refractivity contribution in [2.45, 2.75) is 38.6 Å². The van der Waals surface area contributed by atoms with Gasteiger partial charge in [-0.1, -0.05) is 19.9 Å². The summed E-state index contributed by atoms with van der Waals surface area (Å²) < 4.78 is 18.6. The van der Waals surface area contributed by atoms with Crippen molar-refractivity contribution < 1.29 is 9.13 Å². The van der Waals surface area contributed by atoms with E-state index < -0.39 is 0 Å². The predicted octanol–water partition coefficient (Wildman–Crippen LogP) is 3.33. The Kier molecular flexibility index (Phi) is 4.23. The van der Waals surface area contributed by atoms with Crippen LogP contribution in [0.25, 0.3) is 0 Å². The molecule has 0 heterocycles. The summed E-state index contributed by atoms with van der Waals surface area (Å²) in [5.41, 5.74) is 1.09. The highest BCUT2D eigenvalue weighted by atomic mass is 19.1. The number of nitrogens with one attached hydrogen (secondary N) is 1. The topological polar surface area (TPSA) is 21.3 Å². The van der Waals surface area contributed by atoms with Gasteiger partial charge in [0.05, 0.1) is 7.11 Å². The van der Waals surface area contributed by atoms with E-state index in [9.17, 15) is 4.39 Å². The van der Waals surface area contributed by atoms with Crippen LogP contribution in [0.2, 0.25) is 0 Å². The summed E-state index contributed by atoms with van der Waals surface area (Å²) in [7, 11) is 1.49. The van der Waals surface area contributed by atoms with Crippen molar-refractivity contribution in [3.63, 3.8) is 0 Å². The van der Waals surface area contributed by atoms with Crippen LogP contribution in [0.5, 0.6) is 5.75 Å². The van der Waals surface area contributed by atoms with Crippen LogP contribution in [-0.4, -0.2) is 19.7 Å². The summed E-state index contributed by atoms with van der Waals surface area (Å²) >= 11 is 0. The molecule has 0 amide bonds. The zero-order chi connectivity index (χ0) is 13.1. The van der Waals surface area contributed by atoms with Crippen LogP contribution >= 0.6 is 0 Å². The van der Waals surface area contributed by atoms with Crippen LogP contribution in [0.15, 0.2) is 18.2 Å². The number of hydrogen-bond donors (Lipinski definition) is 1. The lowest BCUT2D eigenvalue weighted by atomic mass is 9.67. The van der Waals surface area contributed by atoms with Gasteiger partial charge in [-0.15, -0.1) is 0 Å². The van der Waals surface area contributed by atoms with Gasteiger partial charge in [-0.25, -0.2) is 4.39 Å². The zero-order valence-corrected chi connectivity index (χ0v) is 11.4. The molecule has 0 radical (unpaired) electrons. The Bertz CT molecular complexity index is 407. The van der Waals surface area contributed by atoms with Gasteiger partial charge < -0.3 is 10.1 Å². The molecule has 0 aliphatic heterocycles. The second-order valence-corrected chi connectivity index (χ2v) is 5.16. The van der Waals surface area contributed by atoms with Gasteiger partial charge in [-0.3, -0.25) is 0 Å². The van der Waals surface area contributed by atoms with Crippen molar-refractivity contribution in [3.8, 4) is 5.75 Å². The number of rotatable bonds is 5. The molecule has 3 heteroatoms. The molecule has 100 valence electrons. The molecule has 0 bridgehead atoms. The van der Waals surface area contributed by atoms with Crippen molar-refractivity contribution >= 4 is 0 Å². The first kappa shape index (κ1) is 13.3. The molecule has 0 spiro atoms. The van der Waals surface area contributed by atoms with Crippen LogP contribution in [0.3, 0.4) is 0 Å². The summed E-state index contributed by atoms with van der Waals surface area (Å²) in [6, 6.07) is 5.92. The van der Waals surface area contributed by atoms with E-state index in [0.717, 1.165) is 24.9 Å². The smallest absolute Gasteiger partial charge is 0.165 e. The summed E-state index contributed by atoms with van der Waals surface area (Å²) in [6.45, 7) is 5.48. The van der Waals surface area contributed by atoms with Crippen molar-refractivity contribution in [2.24, 2.45) is 5.92 Å². The Morgan fingerprint density at radius 2 is 2.22 bits per heavy atom. The van der Waals surface area contributed by atoms with Crippen molar-refractivity contribution in [1.82, 2.24) is 5.32 Å². The van der Waals surface area contributed by atoms with Crippen LogP contribution in [-0.2, 0) is 0 Å². The number of benzene rings is 1. The fourth-order valence-electron chi connectivity index (χ4n) is 2.74. The van der Waals surface area contributed by atoms with Crippen LogP contribution in [0.1, 0.15) is 38.2 Å². The van der Waals surface area contributed by atoms with E-state index >= 15 is 0 Å². The van der Waals surface area contributed by atoms with Crippen LogP contribution < -0.4 is 10.1 Å². The molecule has 3 atom stereocenters. The SMILES string of the molecule is CCCNC1CC(c2ccc(OC)c(F)c2)C1C. The monoisotopic (exact) mass is 251 g/mol. The molecule has 2 rings (SSSR count). The van der Waals surface area contributed by atoms with Gasteiger partial charge in [-0.05, 0) is 48.9 Å². The fourth-order valence-corrected chi connectivity index (χ4v) is 2.74. The van der Waals surface area contributed by atoms with Gasteiger partial charge in [0, 0.05) is 6.04 Å². The third-order valence-electron chi connectivity index (χ3n) is 4.04. The number of methoxy groups -OCH3 is 1. The summed E-state index contributed by atoms with van der Waals surface area (Å²) in [6.07, 6.45) is 2.26. The molecule has 1 N–H and O–H groups in total. The summed E-state index contributed by atoms with van der Waals surface area (Å²) in [5, 5.41) is 3.54. The van der Waals surface area contributed by atoms with Crippen molar-refractivity contribution in [3.05, 3.63) is 29.6 Å². The molecule has 1 aromatic rings.